The van der Waals surface area contributed by atoms with E-state index in [1.807, 2.05) is 49.6 Å². The van der Waals surface area contributed by atoms with E-state index in [2.05, 4.69) is 64.6 Å². The number of nitrogens with one attached hydrogen (secondary N) is 2. The Labute approximate surface area is 217 Å². The van der Waals surface area contributed by atoms with Crippen LogP contribution in [0.3, 0.4) is 0 Å². The lowest BCUT2D eigenvalue weighted by Crippen LogP contribution is -2.35. The van der Waals surface area contributed by atoms with Crippen LogP contribution in [0.1, 0.15) is 32.2 Å². The van der Waals surface area contributed by atoms with Crippen LogP contribution in [0.25, 0.3) is 21.9 Å². The van der Waals surface area contributed by atoms with E-state index < -0.39 is 0 Å². The first kappa shape index (κ1) is 24.9. The van der Waals surface area contributed by atoms with Gasteiger partial charge in [-0.25, -0.2) is 4.79 Å². The first-order valence-electron chi connectivity index (χ1n) is 12.7. The second kappa shape index (κ2) is 10.3. The minimum atomic E-state index is -0.307. The molecule has 37 heavy (non-hydrogen) atoms. The molecular weight excluding hydrogens is 464 g/mol. The fourth-order valence-electron chi connectivity index (χ4n) is 4.60. The van der Waals surface area contributed by atoms with Gasteiger partial charge in [0, 0.05) is 49.7 Å². The van der Waals surface area contributed by atoms with Gasteiger partial charge in [0.25, 0.3) is 0 Å². The number of rotatable bonds is 5. The quantitative estimate of drug-likeness (QED) is 0.384. The van der Waals surface area contributed by atoms with Crippen molar-refractivity contribution in [2.75, 3.05) is 36.9 Å². The summed E-state index contributed by atoms with van der Waals surface area (Å²) >= 11 is 0. The molecule has 4 aromatic rings. The van der Waals surface area contributed by atoms with Gasteiger partial charge < -0.3 is 10.1 Å². The molecule has 8 nitrogen and oxygen atoms in total. The van der Waals surface area contributed by atoms with Gasteiger partial charge in [0.1, 0.15) is 5.82 Å². The number of pyridine rings is 1. The molecule has 1 saturated heterocycles. The third-order valence-electron chi connectivity index (χ3n) is 6.68. The fourth-order valence-corrected chi connectivity index (χ4v) is 4.60. The van der Waals surface area contributed by atoms with Gasteiger partial charge in [-0.05, 0) is 34.7 Å². The number of fused-ring (bicyclic) bond motifs is 1. The second-order valence-corrected chi connectivity index (χ2v) is 10.5. The van der Waals surface area contributed by atoms with E-state index in [1.165, 1.54) is 0 Å². The molecule has 2 amide bonds. The van der Waals surface area contributed by atoms with Crippen molar-refractivity contribution >= 4 is 28.3 Å². The van der Waals surface area contributed by atoms with Crippen molar-refractivity contribution in [3.63, 3.8) is 0 Å². The summed E-state index contributed by atoms with van der Waals surface area (Å²) in [5, 5.41) is 12.6. The summed E-state index contributed by atoms with van der Waals surface area (Å²) in [5.41, 5.74) is 4.82. The van der Waals surface area contributed by atoms with Gasteiger partial charge in [0.05, 0.1) is 30.3 Å². The predicted molar refractivity (Wildman–Crippen MR) is 148 cm³/mol. The molecule has 0 bridgehead atoms. The van der Waals surface area contributed by atoms with Crippen LogP contribution < -0.4 is 10.6 Å². The van der Waals surface area contributed by atoms with Crippen molar-refractivity contribution < 1.29 is 9.53 Å². The Bertz CT molecular complexity index is 1420. The molecule has 0 radical (unpaired) electrons. The van der Waals surface area contributed by atoms with Gasteiger partial charge in [-0.15, -0.1) is 0 Å². The first-order chi connectivity index (χ1) is 17.8. The molecule has 2 aromatic carbocycles. The average molecular weight is 499 g/mol. The highest BCUT2D eigenvalue weighted by Gasteiger charge is 2.20. The van der Waals surface area contributed by atoms with Crippen molar-refractivity contribution in [1.82, 2.24) is 19.7 Å². The zero-order valence-corrected chi connectivity index (χ0v) is 21.9. The summed E-state index contributed by atoms with van der Waals surface area (Å²) in [7, 11) is 1.83. The fraction of sp³-hybridized carbons (Fsp3) is 0.345. The molecule has 1 fully saturated rings. The van der Waals surface area contributed by atoms with E-state index in [0.29, 0.717) is 5.82 Å². The molecule has 0 spiro atoms. The van der Waals surface area contributed by atoms with Crippen LogP contribution >= 0.6 is 0 Å². The Morgan fingerprint density at radius 3 is 2.49 bits per heavy atom. The summed E-state index contributed by atoms with van der Waals surface area (Å²) in [5.74, 6) is 0.646. The van der Waals surface area contributed by atoms with E-state index in [9.17, 15) is 4.79 Å². The van der Waals surface area contributed by atoms with Gasteiger partial charge in [-0.3, -0.25) is 19.9 Å². The maximum atomic E-state index is 12.9. The van der Waals surface area contributed by atoms with Crippen LogP contribution in [0, 0.1) is 0 Å². The summed E-state index contributed by atoms with van der Waals surface area (Å²) in [6, 6.07) is 18.0. The molecule has 0 aliphatic carbocycles. The number of carbonyl (C=O) groups excluding carboxylic acids is 1. The normalized spacial score (nSPS) is 14.6. The number of urea groups is 1. The van der Waals surface area contributed by atoms with Gasteiger partial charge in [-0.1, -0.05) is 51.1 Å². The zero-order chi connectivity index (χ0) is 26.0. The molecule has 192 valence electrons. The van der Waals surface area contributed by atoms with Crippen molar-refractivity contribution in [1.29, 1.82) is 0 Å². The molecular formula is C29H34N6O2. The number of anilines is 2. The minimum Gasteiger partial charge on any atom is -0.379 e. The highest BCUT2D eigenvalue weighted by atomic mass is 16.5. The lowest BCUT2D eigenvalue weighted by atomic mass is 9.92. The van der Waals surface area contributed by atoms with Crippen LogP contribution in [-0.2, 0) is 23.7 Å². The highest BCUT2D eigenvalue weighted by molar-refractivity contribution is 6.09. The van der Waals surface area contributed by atoms with Gasteiger partial charge in [0.2, 0.25) is 0 Å². The minimum absolute atomic E-state index is 0.102. The number of amides is 2. The summed E-state index contributed by atoms with van der Waals surface area (Å²) < 4.78 is 7.16. The van der Waals surface area contributed by atoms with Crippen molar-refractivity contribution in [3.05, 3.63) is 72.2 Å². The number of morpholine rings is 1. The van der Waals surface area contributed by atoms with E-state index in [0.717, 1.165) is 71.8 Å². The maximum Gasteiger partial charge on any atom is 0.324 e. The Kier molecular flexibility index (Phi) is 6.95. The predicted octanol–water partition coefficient (Wildman–Crippen LogP) is 5.41. The van der Waals surface area contributed by atoms with Gasteiger partial charge >= 0.3 is 6.03 Å². The molecule has 0 unspecified atom stereocenters. The van der Waals surface area contributed by atoms with E-state index >= 15 is 0 Å². The number of hydrogen-bond acceptors (Lipinski definition) is 5. The number of nitrogens with zero attached hydrogens (tertiary/aromatic N) is 4. The van der Waals surface area contributed by atoms with E-state index in [-0.39, 0.29) is 11.4 Å². The Balaban J connectivity index is 1.38. The third-order valence-corrected chi connectivity index (χ3v) is 6.68. The molecule has 1 aliphatic heterocycles. The molecule has 0 saturated carbocycles. The lowest BCUT2D eigenvalue weighted by molar-refractivity contribution is 0.0336. The van der Waals surface area contributed by atoms with Crippen molar-refractivity contribution in [2.24, 2.45) is 7.05 Å². The maximum absolute atomic E-state index is 12.9. The number of aryl methyl sites for hydroxylation is 1. The topological polar surface area (TPSA) is 84.3 Å². The smallest absolute Gasteiger partial charge is 0.324 e. The second-order valence-electron chi connectivity index (χ2n) is 10.5. The van der Waals surface area contributed by atoms with Crippen molar-refractivity contribution in [3.8, 4) is 11.1 Å². The standard InChI is InChI=1S/C29H34N6O2/c1-29(2,3)26-18-27(34(4)33-26)32-28(36)31-25-10-9-22(23-7-5-6-8-24(23)25)20-11-12-30-21(17-20)19-35-13-15-37-16-14-35/h5-12,17-18H,13-16,19H2,1-4H3,(H2,31,32,36). The molecule has 1 aliphatic rings. The van der Waals surface area contributed by atoms with Crippen LogP contribution in [0.2, 0.25) is 0 Å². The SMILES string of the molecule is Cn1nc(C(C)(C)C)cc1NC(=O)Nc1ccc(-c2ccnc(CN3CCOCC3)c2)c2ccccc12. The summed E-state index contributed by atoms with van der Waals surface area (Å²) in [4.78, 5) is 19.9. The lowest BCUT2D eigenvalue weighted by Gasteiger charge is -2.26. The molecule has 0 atom stereocenters. The largest absolute Gasteiger partial charge is 0.379 e. The Morgan fingerprint density at radius 2 is 1.76 bits per heavy atom. The third kappa shape index (κ3) is 5.65. The Hall–Kier alpha value is -3.75. The van der Waals surface area contributed by atoms with Crippen LogP contribution in [-0.4, -0.2) is 52.0 Å². The number of benzene rings is 2. The first-order valence-corrected chi connectivity index (χ1v) is 12.7. The molecule has 3 heterocycles. The molecule has 2 N–H and O–H groups in total. The van der Waals surface area contributed by atoms with E-state index in [1.54, 1.807) is 4.68 Å². The van der Waals surface area contributed by atoms with Crippen LogP contribution in [0.5, 0.6) is 0 Å². The van der Waals surface area contributed by atoms with E-state index in [4.69, 9.17) is 4.74 Å². The number of ether oxygens (including phenoxy) is 1. The van der Waals surface area contributed by atoms with Gasteiger partial charge in [-0.2, -0.15) is 5.10 Å². The molecule has 5 rings (SSSR count). The summed E-state index contributed by atoms with van der Waals surface area (Å²) in [6.45, 7) is 10.5. The number of aromatic nitrogens is 3. The van der Waals surface area contributed by atoms with Crippen LogP contribution in [0.4, 0.5) is 16.3 Å². The number of carbonyl (C=O) groups is 1. The molecule has 8 heteroatoms. The Morgan fingerprint density at radius 1 is 1.00 bits per heavy atom. The van der Waals surface area contributed by atoms with Gasteiger partial charge in [0.15, 0.2) is 0 Å². The summed E-state index contributed by atoms with van der Waals surface area (Å²) in [6.07, 6.45) is 1.87. The monoisotopic (exact) mass is 498 g/mol. The highest BCUT2D eigenvalue weighted by Crippen LogP contribution is 2.34. The zero-order valence-electron chi connectivity index (χ0n) is 21.9. The number of hydrogen-bond donors (Lipinski definition) is 2. The van der Waals surface area contributed by atoms with Crippen LogP contribution in [0.15, 0.2) is 60.8 Å². The molecule has 2 aromatic heterocycles. The average Bonchev–Trinajstić information content (AvgIpc) is 3.25. The van der Waals surface area contributed by atoms with Crippen molar-refractivity contribution in [2.45, 2.75) is 32.7 Å².